The van der Waals surface area contributed by atoms with Crippen molar-refractivity contribution in [2.75, 3.05) is 6.54 Å². The monoisotopic (exact) mass is 231 g/mol. The molecule has 1 saturated heterocycles. The van der Waals surface area contributed by atoms with Crippen LogP contribution < -0.4 is 5.32 Å². The first kappa shape index (κ1) is 11.4. The number of fused-ring (bicyclic) bond motifs is 1. The van der Waals surface area contributed by atoms with Crippen LogP contribution in [-0.4, -0.2) is 31.5 Å². The van der Waals surface area contributed by atoms with E-state index >= 15 is 0 Å². The van der Waals surface area contributed by atoms with Crippen LogP contribution in [0.4, 0.5) is 0 Å². The minimum atomic E-state index is -2.89. The molecule has 1 aliphatic carbocycles. The van der Waals surface area contributed by atoms with Gasteiger partial charge in [-0.05, 0) is 45.1 Å². The molecule has 4 unspecified atom stereocenters. The van der Waals surface area contributed by atoms with E-state index in [1.807, 2.05) is 6.92 Å². The van der Waals surface area contributed by atoms with Gasteiger partial charge in [-0.1, -0.05) is 6.92 Å². The average molecular weight is 231 g/mol. The van der Waals surface area contributed by atoms with Crippen molar-refractivity contribution in [3.05, 3.63) is 0 Å². The van der Waals surface area contributed by atoms with Crippen LogP contribution in [0.15, 0.2) is 0 Å². The van der Waals surface area contributed by atoms with Crippen LogP contribution in [0.2, 0.25) is 0 Å². The van der Waals surface area contributed by atoms with Crippen molar-refractivity contribution < 1.29 is 8.42 Å². The molecule has 0 amide bonds. The van der Waals surface area contributed by atoms with Gasteiger partial charge >= 0.3 is 0 Å². The predicted molar refractivity (Wildman–Crippen MR) is 61.6 cm³/mol. The Morgan fingerprint density at radius 1 is 1.13 bits per heavy atom. The lowest BCUT2D eigenvalue weighted by atomic mass is 9.87. The quantitative estimate of drug-likeness (QED) is 0.684. The van der Waals surface area contributed by atoms with Crippen LogP contribution in [0, 0.1) is 5.92 Å². The lowest BCUT2D eigenvalue weighted by Crippen LogP contribution is -2.47. The number of hydrogen-bond acceptors (Lipinski definition) is 3. The molecule has 0 aromatic rings. The van der Waals surface area contributed by atoms with Crippen LogP contribution in [0.3, 0.4) is 0 Å². The van der Waals surface area contributed by atoms with Crippen LogP contribution in [0.25, 0.3) is 0 Å². The van der Waals surface area contributed by atoms with Crippen molar-refractivity contribution in [1.82, 2.24) is 5.32 Å². The molecule has 88 valence electrons. The molecule has 0 aromatic carbocycles. The van der Waals surface area contributed by atoms with Crippen molar-refractivity contribution in [1.29, 1.82) is 0 Å². The molecule has 0 spiro atoms. The van der Waals surface area contributed by atoms with Gasteiger partial charge in [0.05, 0.1) is 10.5 Å². The summed E-state index contributed by atoms with van der Waals surface area (Å²) in [5.41, 5.74) is 0. The van der Waals surface area contributed by atoms with Gasteiger partial charge in [-0.25, -0.2) is 8.42 Å². The largest absolute Gasteiger partial charge is 0.313 e. The molecule has 4 heteroatoms. The Bertz CT molecular complexity index is 323. The fourth-order valence-electron chi connectivity index (χ4n) is 2.86. The first-order valence-corrected chi connectivity index (χ1v) is 7.59. The Balaban J connectivity index is 2.27. The smallest absolute Gasteiger partial charge is 0.157 e. The van der Waals surface area contributed by atoms with Gasteiger partial charge in [-0.15, -0.1) is 0 Å². The standard InChI is InChI=1S/C11H21NO2S/c1-8-3-4-10-11(7-8)15(13,14)9(2)5-6-12-10/h8-12H,3-7H2,1-2H3. The van der Waals surface area contributed by atoms with E-state index < -0.39 is 9.84 Å². The second-order valence-electron chi connectivity index (χ2n) is 5.21. The zero-order valence-corrected chi connectivity index (χ0v) is 10.4. The van der Waals surface area contributed by atoms with Crippen molar-refractivity contribution in [3.63, 3.8) is 0 Å². The Morgan fingerprint density at radius 3 is 2.60 bits per heavy atom. The van der Waals surface area contributed by atoms with Gasteiger partial charge < -0.3 is 5.32 Å². The molecule has 15 heavy (non-hydrogen) atoms. The summed E-state index contributed by atoms with van der Waals surface area (Å²) in [4.78, 5) is 0. The molecule has 3 nitrogen and oxygen atoms in total. The molecular formula is C11H21NO2S. The van der Waals surface area contributed by atoms with E-state index in [0.717, 1.165) is 32.2 Å². The summed E-state index contributed by atoms with van der Waals surface area (Å²) in [6, 6.07) is 0.219. The highest BCUT2D eigenvalue weighted by Crippen LogP contribution is 2.32. The maximum absolute atomic E-state index is 12.3. The van der Waals surface area contributed by atoms with Crippen molar-refractivity contribution in [2.45, 2.75) is 56.1 Å². The van der Waals surface area contributed by atoms with Gasteiger partial charge in [-0.2, -0.15) is 0 Å². The van der Waals surface area contributed by atoms with Gasteiger partial charge in [0.15, 0.2) is 9.84 Å². The number of rotatable bonds is 0. The molecule has 1 N–H and O–H groups in total. The number of sulfone groups is 1. The van der Waals surface area contributed by atoms with Crippen LogP contribution in [-0.2, 0) is 9.84 Å². The first-order valence-electron chi connectivity index (χ1n) is 5.98. The van der Waals surface area contributed by atoms with E-state index in [1.54, 1.807) is 0 Å². The first-order chi connectivity index (χ1) is 7.01. The number of hydrogen-bond donors (Lipinski definition) is 1. The van der Waals surface area contributed by atoms with Crippen LogP contribution in [0.1, 0.15) is 39.5 Å². The minimum absolute atomic E-state index is 0.126. The summed E-state index contributed by atoms with van der Waals surface area (Å²) in [5, 5.41) is 3.12. The van der Waals surface area contributed by atoms with E-state index in [9.17, 15) is 8.42 Å². The molecule has 2 aliphatic rings. The van der Waals surface area contributed by atoms with Crippen molar-refractivity contribution in [3.8, 4) is 0 Å². The SMILES string of the molecule is CC1CCC2NCCC(C)S(=O)(=O)C2C1. The lowest BCUT2D eigenvalue weighted by molar-refractivity contribution is 0.314. The van der Waals surface area contributed by atoms with E-state index in [1.165, 1.54) is 0 Å². The van der Waals surface area contributed by atoms with E-state index in [4.69, 9.17) is 0 Å². The highest BCUT2D eigenvalue weighted by atomic mass is 32.2. The van der Waals surface area contributed by atoms with Gasteiger partial charge in [0.1, 0.15) is 0 Å². The molecule has 1 saturated carbocycles. The van der Waals surface area contributed by atoms with E-state index in [-0.39, 0.29) is 16.5 Å². The number of nitrogens with one attached hydrogen (secondary N) is 1. The van der Waals surface area contributed by atoms with Crippen LogP contribution >= 0.6 is 0 Å². The van der Waals surface area contributed by atoms with Crippen molar-refractivity contribution in [2.24, 2.45) is 5.92 Å². The molecule has 0 radical (unpaired) electrons. The normalized spacial score (nSPS) is 45.5. The zero-order chi connectivity index (χ0) is 11.1. The Kier molecular flexibility index (Phi) is 3.08. The summed E-state index contributed by atoms with van der Waals surface area (Å²) in [5.74, 6) is 0.563. The maximum Gasteiger partial charge on any atom is 0.157 e. The molecule has 1 aliphatic heterocycles. The van der Waals surface area contributed by atoms with Crippen molar-refractivity contribution >= 4 is 9.84 Å². The summed E-state index contributed by atoms with van der Waals surface area (Å²) >= 11 is 0. The maximum atomic E-state index is 12.3. The molecule has 1 heterocycles. The summed E-state index contributed by atoms with van der Waals surface area (Å²) in [6.07, 6.45) is 3.81. The lowest BCUT2D eigenvalue weighted by Gasteiger charge is -2.34. The summed E-state index contributed by atoms with van der Waals surface area (Å²) in [7, 11) is -2.89. The highest BCUT2D eigenvalue weighted by Gasteiger charge is 2.41. The van der Waals surface area contributed by atoms with E-state index in [0.29, 0.717) is 5.92 Å². The van der Waals surface area contributed by atoms with Gasteiger partial charge in [0.2, 0.25) is 0 Å². The second-order valence-corrected chi connectivity index (χ2v) is 7.79. The Hall–Kier alpha value is -0.0900. The van der Waals surface area contributed by atoms with Gasteiger partial charge in [-0.3, -0.25) is 0 Å². The third kappa shape index (κ3) is 2.07. The molecule has 2 rings (SSSR count). The molecular weight excluding hydrogens is 210 g/mol. The molecule has 2 fully saturated rings. The average Bonchev–Trinajstić information content (AvgIpc) is 2.28. The topological polar surface area (TPSA) is 46.2 Å². The second kappa shape index (κ2) is 4.06. The highest BCUT2D eigenvalue weighted by molar-refractivity contribution is 7.92. The fraction of sp³-hybridized carbons (Fsp3) is 1.00. The van der Waals surface area contributed by atoms with Gasteiger partial charge in [0.25, 0.3) is 0 Å². The summed E-state index contributed by atoms with van der Waals surface area (Å²) < 4.78 is 24.5. The van der Waals surface area contributed by atoms with Crippen LogP contribution in [0.5, 0.6) is 0 Å². The predicted octanol–water partition coefficient (Wildman–Crippen LogP) is 1.34. The minimum Gasteiger partial charge on any atom is -0.313 e. The van der Waals surface area contributed by atoms with Gasteiger partial charge in [0, 0.05) is 6.04 Å². The third-order valence-electron chi connectivity index (χ3n) is 3.99. The summed E-state index contributed by atoms with van der Waals surface area (Å²) in [6.45, 7) is 4.88. The Morgan fingerprint density at radius 2 is 1.87 bits per heavy atom. The molecule has 4 atom stereocenters. The fourth-order valence-corrected chi connectivity index (χ4v) is 5.19. The van der Waals surface area contributed by atoms with E-state index in [2.05, 4.69) is 12.2 Å². The zero-order valence-electron chi connectivity index (χ0n) is 9.57. The molecule has 0 aromatic heterocycles. The Labute approximate surface area is 92.6 Å². The third-order valence-corrected chi connectivity index (χ3v) is 6.72. The molecule has 0 bridgehead atoms.